The van der Waals surface area contributed by atoms with Crippen LogP contribution in [0.15, 0.2) is 0 Å². The van der Waals surface area contributed by atoms with E-state index in [4.69, 9.17) is 10.8 Å². The molecule has 0 radical (unpaired) electrons. The van der Waals surface area contributed by atoms with Crippen molar-refractivity contribution in [2.24, 2.45) is 11.1 Å². The summed E-state index contributed by atoms with van der Waals surface area (Å²) in [5, 5.41) is 8.92. The minimum absolute atomic E-state index is 0.0137. The highest BCUT2D eigenvalue weighted by Gasteiger charge is 2.41. The molecule has 3 N–H and O–H groups in total. The predicted molar refractivity (Wildman–Crippen MR) is 78.3 cm³/mol. The molecule has 0 aliphatic heterocycles. The van der Waals surface area contributed by atoms with Gasteiger partial charge in [-0.1, -0.05) is 25.7 Å². The van der Waals surface area contributed by atoms with E-state index < -0.39 is 11.4 Å². The van der Waals surface area contributed by atoms with Crippen molar-refractivity contribution < 1.29 is 14.7 Å². The number of carbonyl (C=O) groups is 2. The van der Waals surface area contributed by atoms with E-state index in [1.165, 1.54) is 0 Å². The minimum atomic E-state index is -0.869. The standard InChI is InChI=1S/C15H28N2O3/c1-3-17(12(2)10-13(18)19)14(20)15(11-16)8-6-4-5-7-9-15/h12H,3-11,16H2,1-2H3,(H,18,19). The van der Waals surface area contributed by atoms with Gasteiger partial charge in [-0.2, -0.15) is 0 Å². The van der Waals surface area contributed by atoms with E-state index in [0.29, 0.717) is 13.1 Å². The van der Waals surface area contributed by atoms with Gasteiger partial charge in [0.1, 0.15) is 0 Å². The highest BCUT2D eigenvalue weighted by Crippen LogP contribution is 2.36. The van der Waals surface area contributed by atoms with E-state index in [2.05, 4.69) is 0 Å². The second-order valence-electron chi connectivity index (χ2n) is 5.94. The van der Waals surface area contributed by atoms with Gasteiger partial charge in [0.25, 0.3) is 0 Å². The molecule has 1 amide bonds. The van der Waals surface area contributed by atoms with Gasteiger partial charge in [-0.05, 0) is 26.7 Å². The number of hydrogen-bond acceptors (Lipinski definition) is 3. The molecule has 1 saturated carbocycles. The molecule has 0 aromatic rings. The Morgan fingerprint density at radius 2 is 1.80 bits per heavy atom. The summed E-state index contributed by atoms with van der Waals surface area (Å²) in [5.74, 6) is -0.815. The van der Waals surface area contributed by atoms with Gasteiger partial charge in [0.15, 0.2) is 0 Å². The molecular weight excluding hydrogens is 256 g/mol. The van der Waals surface area contributed by atoms with Crippen LogP contribution in [0.5, 0.6) is 0 Å². The number of nitrogens with two attached hydrogens (primary N) is 1. The van der Waals surface area contributed by atoms with Crippen molar-refractivity contribution in [1.29, 1.82) is 0 Å². The lowest BCUT2D eigenvalue weighted by Crippen LogP contribution is -2.51. The molecule has 5 heteroatoms. The average molecular weight is 284 g/mol. The largest absolute Gasteiger partial charge is 0.481 e. The van der Waals surface area contributed by atoms with E-state index in [-0.39, 0.29) is 18.4 Å². The molecule has 1 fully saturated rings. The van der Waals surface area contributed by atoms with E-state index >= 15 is 0 Å². The maximum atomic E-state index is 12.9. The molecule has 1 aliphatic rings. The second-order valence-corrected chi connectivity index (χ2v) is 5.94. The molecule has 0 spiro atoms. The van der Waals surface area contributed by atoms with Crippen molar-refractivity contribution in [1.82, 2.24) is 4.90 Å². The van der Waals surface area contributed by atoms with Crippen LogP contribution in [0.25, 0.3) is 0 Å². The Bertz CT molecular complexity index is 336. The van der Waals surface area contributed by atoms with E-state index in [0.717, 1.165) is 38.5 Å². The molecule has 116 valence electrons. The third kappa shape index (κ3) is 3.95. The average Bonchev–Trinajstić information content (AvgIpc) is 2.64. The first-order valence-corrected chi connectivity index (χ1v) is 7.70. The quantitative estimate of drug-likeness (QED) is 0.731. The van der Waals surface area contributed by atoms with Crippen LogP contribution in [0.1, 0.15) is 58.8 Å². The Morgan fingerprint density at radius 3 is 2.20 bits per heavy atom. The number of carboxylic acids is 1. The van der Waals surface area contributed by atoms with Crippen LogP contribution < -0.4 is 5.73 Å². The summed E-state index contributed by atoms with van der Waals surface area (Å²) in [5.41, 5.74) is 5.47. The predicted octanol–water partition coefficient (Wildman–Crippen LogP) is 2.00. The number of carboxylic acid groups (broad SMARTS) is 1. The van der Waals surface area contributed by atoms with Crippen LogP contribution in [-0.4, -0.2) is 41.0 Å². The van der Waals surface area contributed by atoms with Gasteiger partial charge in [0.2, 0.25) is 5.91 Å². The first-order valence-electron chi connectivity index (χ1n) is 7.70. The maximum Gasteiger partial charge on any atom is 0.305 e. The summed E-state index contributed by atoms with van der Waals surface area (Å²) in [6.07, 6.45) is 6.04. The topological polar surface area (TPSA) is 83.6 Å². The lowest BCUT2D eigenvalue weighted by molar-refractivity contribution is -0.146. The molecule has 1 rings (SSSR count). The van der Waals surface area contributed by atoms with Crippen molar-refractivity contribution in [2.45, 2.75) is 64.8 Å². The third-order valence-corrected chi connectivity index (χ3v) is 4.51. The van der Waals surface area contributed by atoms with Gasteiger partial charge in [0.05, 0.1) is 11.8 Å². The number of amides is 1. The fourth-order valence-corrected chi connectivity index (χ4v) is 3.23. The number of hydrogen-bond donors (Lipinski definition) is 2. The van der Waals surface area contributed by atoms with Crippen molar-refractivity contribution >= 4 is 11.9 Å². The van der Waals surface area contributed by atoms with Gasteiger partial charge in [-0.25, -0.2) is 0 Å². The van der Waals surface area contributed by atoms with Gasteiger partial charge in [-0.3, -0.25) is 9.59 Å². The highest BCUT2D eigenvalue weighted by molar-refractivity contribution is 5.84. The van der Waals surface area contributed by atoms with Crippen LogP contribution in [0.4, 0.5) is 0 Å². The van der Waals surface area contributed by atoms with Crippen LogP contribution >= 0.6 is 0 Å². The van der Waals surface area contributed by atoms with Crippen molar-refractivity contribution in [3.05, 3.63) is 0 Å². The molecule has 0 aromatic heterocycles. The summed E-state index contributed by atoms with van der Waals surface area (Å²) < 4.78 is 0. The van der Waals surface area contributed by atoms with Gasteiger partial charge < -0.3 is 15.7 Å². The SMILES string of the molecule is CCN(C(=O)C1(CN)CCCCCC1)C(C)CC(=O)O. The maximum absolute atomic E-state index is 12.9. The first-order chi connectivity index (χ1) is 9.46. The highest BCUT2D eigenvalue weighted by atomic mass is 16.4. The zero-order valence-corrected chi connectivity index (χ0v) is 12.7. The zero-order chi connectivity index (χ0) is 15.2. The van der Waals surface area contributed by atoms with Crippen LogP contribution in [-0.2, 0) is 9.59 Å². The smallest absolute Gasteiger partial charge is 0.305 e. The van der Waals surface area contributed by atoms with E-state index in [1.54, 1.807) is 11.8 Å². The molecule has 0 aromatic carbocycles. The van der Waals surface area contributed by atoms with Gasteiger partial charge in [-0.15, -0.1) is 0 Å². The van der Waals surface area contributed by atoms with Crippen molar-refractivity contribution in [3.8, 4) is 0 Å². The van der Waals surface area contributed by atoms with Gasteiger partial charge in [0, 0.05) is 19.1 Å². The summed E-state index contributed by atoms with van der Waals surface area (Å²) >= 11 is 0. The number of aliphatic carboxylic acids is 1. The molecule has 5 nitrogen and oxygen atoms in total. The van der Waals surface area contributed by atoms with E-state index in [9.17, 15) is 9.59 Å². The molecule has 0 heterocycles. The van der Waals surface area contributed by atoms with E-state index in [1.807, 2.05) is 6.92 Å². The Morgan fingerprint density at radius 1 is 1.25 bits per heavy atom. The van der Waals surface area contributed by atoms with Crippen LogP contribution in [0.2, 0.25) is 0 Å². The minimum Gasteiger partial charge on any atom is -0.481 e. The summed E-state index contributed by atoms with van der Waals surface area (Å²) in [4.78, 5) is 25.5. The van der Waals surface area contributed by atoms with Crippen molar-refractivity contribution in [3.63, 3.8) is 0 Å². The molecular formula is C15H28N2O3. The Labute approximate surface area is 121 Å². The fourth-order valence-electron chi connectivity index (χ4n) is 3.23. The molecule has 1 unspecified atom stereocenters. The van der Waals surface area contributed by atoms with Crippen LogP contribution in [0.3, 0.4) is 0 Å². The number of rotatable bonds is 6. The molecule has 20 heavy (non-hydrogen) atoms. The summed E-state index contributed by atoms with van der Waals surface area (Å²) in [7, 11) is 0. The normalized spacial score (nSPS) is 19.9. The summed E-state index contributed by atoms with van der Waals surface area (Å²) in [6.45, 7) is 4.60. The molecule has 0 saturated heterocycles. The Hall–Kier alpha value is -1.10. The fraction of sp³-hybridized carbons (Fsp3) is 0.867. The second kappa shape index (κ2) is 7.62. The monoisotopic (exact) mass is 284 g/mol. The summed E-state index contributed by atoms with van der Waals surface area (Å²) in [6, 6.07) is -0.281. The zero-order valence-electron chi connectivity index (χ0n) is 12.7. The lowest BCUT2D eigenvalue weighted by atomic mass is 9.78. The van der Waals surface area contributed by atoms with Crippen molar-refractivity contribution in [2.75, 3.05) is 13.1 Å². The first kappa shape index (κ1) is 17.0. The van der Waals surface area contributed by atoms with Gasteiger partial charge >= 0.3 is 5.97 Å². The molecule has 0 bridgehead atoms. The Balaban J connectivity index is 2.88. The molecule has 1 atom stereocenters. The number of nitrogens with zero attached hydrogens (tertiary/aromatic N) is 1. The lowest BCUT2D eigenvalue weighted by Gasteiger charge is -2.38. The molecule has 1 aliphatic carbocycles. The third-order valence-electron chi connectivity index (χ3n) is 4.51. The number of carbonyl (C=O) groups excluding carboxylic acids is 1. The van der Waals surface area contributed by atoms with Crippen LogP contribution in [0, 0.1) is 5.41 Å². The Kier molecular flexibility index (Phi) is 6.46.